The van der Waals surface area contributed by atoms with Crippen molar-refractivity contribution in [3.63, 3.8) is 0 Å². The van der Waals surface area contributed by atoms with Crippen LogP contribution in [-0.2, 0) is 0 Å². The second-order valence-electron chi connectivity index (χ2n) is 4.83. The van der Waals surface area contributed by atoms with E-state index >= 15 is 0 Å². The Labute approximate surface area is 89.7 Å². The summed E-state index contributed by atoms with van der Waals surface area (Å²) in [5.41, 5.74) is 0. The van der Waals surface area contributed by atoms with Gasteiger partial charge in [-0.1, -0.05) is 46.0 Å². The standard InChI is InChI=1S/C13H27N/c1-3-5-6-7-13(14-10-4-2)11-12-8-9-12/h12-14H,3-11H2,1-2H3. The maximum Gasteiger partial charge on any atom is 0.00696 e. The van der Waals surface area contributed by atoms with Crippen molar-refractivity contribution >= 4 is 0 Å². The molecular formula is C13H27N. The van der Waals surface area contributed by atoms with E-state index < -0.39 is 0 Å². The van der Waals surface area contributed by atoms with Crippen LogP contribution in [-0.4, -0.2) is 12.6 Å². The molecule has 0 bridgehead atoms. The molecule has 0 spiro atoms. The largest absolute Gasteiger partial charge is 0.314 e. The van der Waals surface area contributed by atoms with Crippen molar-refractivity contribution in [3.8, 4) is 0 Å². The van der Waals surface area contributed by atoms with Crippen LogP contribution < -0.4 is 5.32 Å². The number of nitrogens with one attached hydrogen (secondary N) is 1. The highest BCUT2D eigenvalue weighted by molar-refractivity contribution is 4.80. The predicted molar refractivity (Wildman–Crippen MR) is 63.6 cm³/mol. The Morgan fingerprint density at radius 2 is 1.93 bits per heavy atom. The van der Waals surface area contributed by atoms with Gasteiger partial charge in [-0.25, -0.2) is 0 Å². The lowest BCUT2D eigenvalue weighted by Crippen LogP contribution is -2.30. The van der Waals surface area contributed by atoms with Gasteiger partial charge < -0.3 is 5.32 Å². The molecule has 0 saturated heterocycles. The van der Waals surface area contributed by atoms with Crippen molar-refractivity contribution in [1.29, 1.82) is 0 Å². The molecule has 1 nitrogen and oxygen atoms in total. The van der Waals surface area contributed by atoms with Crippen LogP contribution in [0, 0.1) is 5.92 Å². The van der Waals surface area contributed by atoms with Crippen LogP contribution in [0.1, 0.15) is 65.2 Å². The minimum atomic E-state index is 0.828. The van der Waals surface area contributed by atoms with E-state index in [1.54, 1.807) is 0 Å². The summed E-state index contributed by atoms with van der Waals surface area (Å²) < 4.78 is 0. The lowest BCUT2D eigenvalue weighted by Gasteiger charge is -2.17. The lowest BCUT2D eigenvalue weighted by atomic mass is 10.0. The van der Waals surface area contributed by atoms with E-state index in [0.717, 1.165) is 12.0 Å². The molecule has 1 saturated carbocycles. The molecule has 1 aliphatic rings. The van der Waals surface area contributed by atoms with E-state index in [-0.39, 0.29) is 0 Å². The molecule has 0 aliphatic heterocycles. The molecule has 84 valence electrons. The van der Waals surface area contributed by atoms with Gasteiger partial charge in [0, 0.05) is 6.04 Å². The minimum absolute atomic E-state index is 0.828. The zero-order valence-corrected chi connectivity index (χ0v) is 10.0. The van der Waals surface area contributed by atoms with Crippen LogP contribution in [0.4, 0.5) is 0 Å². The molecule has 14 heavy (non-hydrogen) atoms. The van der Waals surface area contributed by atoms with Crippen molar-refractivity contribution in [2.75, 3.05) is 6.54 Å². The van der Waals surface area contributed by atoms with Gasteiger partial charge in [0.25, 0.3) is 0 Å². The average Bonchev–Trinajstić information content (AvgIpc) is 2.98. The first-order valence-corrected chi connectivity index (χ1v) is 6.60. The Balaban J connectivity index is 2.06. The molecule has 1 N–H and O–H groups in total. The fourth-order valence-corrected chi connectivity index (χ4v) is 2.05. The van der Waals surface area contributed by atoms with Crippen LogP contribution >= 0.6 is 0 Å². The molecule has 1 fully saturated rings. The van der Waals surface area contributed by atoms with Crippen LogP contribution in [0.25, 0.3) is 0 Å². The Hall–Kier alpha value is -0.0400. The second kappa shape index (κ2) is 7.28. The molecular weight excluding hydrogens is 170 g/mol. The molecule has 1 heteroatoms. The average molecular weight is 197 g/mol. The van der Waals surface area contributed by atoms with E-state index in [1.807, 2.05) is 0 Å². The van der Waals surface area contributed by atoms with Gasteiger partial charge >= 0.3 is 0 Å². The topological polar surface area (TPSA) is 12.0 Å². The highest BCUT2D eigenvalue weighted by Gasteiger charge is 2.24. The first-order chi connectivity index (χ1) is 6.86. The van der Waals surface area contributed by atoms with Crippen molar-refractivity contribution in [2.45, 2.75) is 71.3 Å². The molecule has 0 amide bonds. The predicted octanol–water partition coefficient (Wildman–Crippen LogP) is 3.74. The molecule has 1 aliphatic carbocycles. The van der Waals surface area contributed by atoms with Gasteiger partial charge in [-0.3, -0.25) is 0 Å². The fraction of sp³-hybridized carbons (Fsp3) is 1.00. The van der Waals surface area contributed by atoms with Gasteiger partial charge in [0.05, 0.1) is 0 Å². The highest BCUT2D eigenvalue weighted by atomic mass is 14.9. The first-order valence-electron chi connectivity index (χ1n) is 6.60. The zero-order chi connectivity index (χ0) is 10.2. The van der Waals surface area contributed by atoms with E-state index in [1.165, 1.54) is 57.9 Å². The quantitative estimate of drug-likeness (QED) is 0.555. The van der Waals surface area contributed by atoms with Crippen LogP contribution in [0.15, 0.2) is 0 Å². The summed E-state index contributed by atoms with van der Waals surface area (Å²) in [5.74, 6) is 1.07. The maximum atomic E-state index is 3.70. The number of hydrogen-bond donors (Lipinski definition) is 1. The number of rotatable bonds is 9. The number of hydrogen-bond acceptors (Lipinski definition) is 1. The smallest absolute Gasteiger partial charge is 0.00696 e. The zero-order valence-electron chi connectivity index (χ0n) is 10.0. The van der Waals surface area contributed by atoms with Crippen LogP contribution in [0.5, 0.6) is 0 Å². The summed E-state index contributed by atoms with van der Waals surface area (Å²) in [7, 11) is 0. The first kappa shape index (κ1) is 12.0. The highest BCUT2D eigenvalue weighted by Crippen LogP contribution is 2.34. The van der Waals surface area contributed by atoms with Gasteiger partial charge in [0.2, 0.25) is 0 Å². The Morgan fingerprint density at radius 1 is 1.14 bits per heavy atom. The van der Waals surface area contributed by atoms with Crippen molar-refractivity contribution < 1.29 is 0 Å². The van der Waals surface area contributed by atoms with Crippen molar-refractivity contribution in [1.82, 2.24) is 5.32 Å². The van der Waals surface area contributed by atoms with Crippen LogP contribution in [0.2, 0.25) is 0 Å². The fourth-order valence-electron chi connectivity index (χ4n) is 2.05. The SMILES string of the molecule is CCCCCC(CC1CC1)NCCC. The summed E-state index contributed by atoms with van der Waals surface area (Å²) in [6.45, 7) is 5.76. The van der Waals surface area contributed by atoms with E-state index in [0.29, 0.717) is 0 Å². The van der Waals surface area contributed by atoms with E-state index in [2.05, 4.69) is 19.2 Å². The van der Waals surface area contributed by atoms with Crippen LogP contribution in [0.3, 0.4) is 0 Å². The van der Waals surface area contributed by atoms with E-state index in [4.69, 9.17) is 0 Å². The van der Waals surface area contributed by atoms with Gasteiger partial charge in [-0.2, -0.15) is 0 Å². The third-order valence-electron chi connectivity index (χ3n) is 3.15. The Morgan fingerprint density at radius 3 is 2.50 bits per heavy atom. The van der Waals surface area contributed by atoms with Gasteiger partial charge in [-0.05, 0) is 31.7 Å². The third-order valence-corrected chi connectivity index (χ3v) is 3.15. The molecule has 0 radical (unpaired) electrons. The molecule has 1 rings (SSSR count). The molecule has 0 aromatic heterocycles. The summed E-state index contributed by atoms with van der Waals surface area (Å²) in [6.07, 6.45) is 11.3. The molecule has 0 heterocycles. The van der Waals surface area contributed by atoms with E-state index in [9.17, 15) is 0 Å². The van der Waals surface area contributed by atoms with Gasteiger partial charge in [-0.15, -0.1) is 0 Å². The molecule has 1 unspecified atom stereocenters. The third kappa shape index (κ3) is 5.64. The van der Waals surface area contributed by atoms with Gasteiger partial charge in [0.15, 0.2) is 0 Å². The monoisotopic (exact) mass is 197 g/mol. The van der Waals surface area contributed by atoms with Gasteiger partial charge in [0.1, 0.15) is 0 Å². The minimum Gasteiger partial charge on any atom is -0.314 e. The lowest BCUT2D eigenvalue weighted by molar-refractivity contribution is 0.417. The summed E-state index contributed by atoms with van der Waals surface area (Å²) in [4.78, 5) is 0. The van der Waals surface area contributed by atoms with Crippen molar-refractivity contribution in [2.24, 2.45) is 5.92 Å². The Kier molecular flexibility index (Phi) is 6.25. The summed E-state index contributed by atoms with van der Waals surface area (Å²) in [6, 6.07) is 0.828. The normalized spacial score (nSPS) is 18.4. The number of unbranched alkanes of at least 4 members (excludes halogenated alkanes) is 2. The molecule has 1 atom stereocenters. The molecule has 0 aromatic carbocycles. The Bertz CT molecular complexity index is 129. The summed E-state index contributed by atoms with van der Waals surface area (Å²) >= 11 is 0. The summed E-state index contributed by atoms with van der Waals surface area (Å²) in [5, 5.41) is 3.70. The maximum absolute atomic E-state index is 3.70. The second-order valence-corrected chi connectivity index (χ2v) is 4.83. The molecule has 0 aromatic rings. The van der Waals surface area contributed by atoms with Crippen molar-refractivity contribution in [3.05, 3.63) is 0 Å².